The van der Waals surface area contributed by atoms with Gasteiger partial charge in [-0.2, -0.15) is 0 Å². The zero-order valence-corrected chi connectivity index (χ0v) is 12.7. The topological polar surface area (TPSA) is 24.9 Å². The van der Waals surface area contributed by atoms with Gasteiger partial charge in [0.25, 0.3) is 0 Å². The molecule has 0 spiro atoms. The minimum atomic E-state index is 0.451. The van der Waals surface area contributed by atoms with Crippen LogP contribution in [0.25, 0.3) is 0 Å². The molecule has 19 heavy (non-hydrogen) atoms. The van der Waals surface area contributed by atoms with Gasteiger partial charge in [-0.25, -0.2) is 0 Å². The van der Waals surface area contributed by atoms with Gasteiger partial charge in [-0.3, -0.25) is 4.98 Å². The van der Waals surface area contributed by atoms with Crippen molar-refractivity contribution in [3.63, 3.8) is 0 Å². The number of aryl methyl sites for hydroxylation is 1. The fourth-order valence-electron chi connectivity index (χ4n) is 3.55. The van der Waals surface area contributed by atoms with Gasteiger partial charge in [-0.05, 0) is 56.2 Å². The molecule has 0 amide bonds. The zero-order valence-electron chi connectivity index (χ0n) is 12.7. The van der Waals surface area contributed by atoms with Crippen LogP contribution in [0.15, 0.2) is 18.3 Å². The quantitative estimate of drug-likeness (QED) is 0.820. The lowest BCUT2D eigenvalue weighted by atomic mass is 9.73. The van der Waals surface area contributed by atoms with Crippen LogP contribution < -0.4 is 5.32 Å². The maximum atomic E-state index is 4.50. The number of aromatic nitrogens is 1. The molecule has 1 aliphatic rings. The second-order valence-electron chi connectivity index (χ2n) is 6.04. The van der Waals surface area contributed by atoms with Gasteiger partial charge in [-0.1, -0.05) is 32.8 Å². The van der Waals surface area contributed by atoms with E-state index in [-0.39, 0.29) is 0 Å². The van der Waals surface area contributed by atoms with Crippen LogP contribution in [0, 0.1) is 12.3 Å². The van der Waals surface area contributed by atoms with E-state index in [1.54, 1.807) is 0 Å². The minimum absolute atomic E-state index is 0.451. The SMILES string of the molecule is CCCNC(c1ccc(C)nc1)C1(CC)CCCC1. The molecule has 1 aromatic rings. The van der Waals surface area contributed by atoms with Gasteiger partial charge in [0.05, 0.1) is 0 Å². The average Bonchev–Trinajstić information content (AvgIpc) is 2.91. The highest BCUT2D eigenvalue weighted by atomic mass is 14.9. The van der Waals surface area contributed by atoms with Crippen molar-refractivity contribution in [2.45, 2.75) is 65.3 Å². The van der Waals surface area contributed by atoms with Crippen LogP contribution in [0.4, 0.5) is 0 Å². The molecule has 1 unspecified atom stereocenters. The van der Waals surface area contributed by atoms with Gasteiger partial charge < -0.3 is 5.32 Å². The molecule has 1 saturated carbocycles. The second-order valence-corrected chi connectivity index (χ2v) is 6.04. The van der Waals surface area contributed by atoms with Crippen molar-refractivity contribution in [2.24, 2.45) is 5.41 Å². The Morgan fingerprint density at radius 2 is 2.00 bits per heavy atom. The summed E-state index contributed by atoms with van der Waals surface area (Å²) >= 11 is 0. The van der Waals surface area contributed by atoms with E-state index < -0.39 is 0 Å². The number of pyridine rings is 1. The van der Waals surface area contributed by atoms with Gasteiger partial charge >= 0.3 is 0 Å². The number of nitrogens with zero attached hydrogens (tertiary/aromatic N) is 1. The molecule has 106 valence electrons. The Labute approximate surface area is 118 Å². The molecule has 0 radical (unpaired) electrons. The fraction of sp³-hybridized carbons (Fsp3) is 0.706. The summed E-state index contributed by atoms with van der Waals surface area (Å²) in [6, 6.07) is 4.90. The Morgan fingerprint density at radius 3 is 2.53 bits per heavy atom. The molecule has 2 rings (SSSR count). The molecule has 1 atom stereocenters. The van der Waals surface area contributed by atoms with Crippen molar-refractivity contribution >= 4 is 0 Å². The normalized spacial score (nSPS) is 19.5. The summed E-state index contributed by atoms with van der Waals surface area (Å²) in [6.45, 7) is 7.75. The highest BCUT2D eigenvalue weighted by molar-refractivity contribution is 5.20. The van der Waals surface area contributed by atoms with Crippen LogP contribution in [-0.4, -0.2) is 11.5 Å². The fourth-order valence-corrected chi connectivity index (χ4v) is 3.55. The summed E-state index contributed by atoms with van der Waals surface area (Å²) in [5.74, 6) is 0. The highest BCUT2D eigenvalue weighted by Crippen LogP contribution is 2.49. The summed E-state index contributed by atoms with van der Waals surface area (Å²) < 4.78 is 0. The third-order valence-corrected chi connectivity index (χ3v) is 4.78. The van der Waals surface area contributed by atoms with Crippen LogP contribution in [-0.2, 0) is 0 Å². The van der Waals surface area contributed by atoms with E-state index in [1.165, 1.54) is 44.1 Å². The van der Waals surface area contributed by atoms with Gasteiger partial charge in [-0.15, -0.1) is 0 Å². The Balaban J connectivity index is 2.26. The summed E-state index contributed by atoms with van der Waals surface area (Å²) in [6.07, 6.45) is 10.0. The molecule has 0 saturated heterocycles. The molecule has 1 fully saturated rings. The molecule has 2 nitrogen and oxygen atoms in total. The first kappa shape index (κ1) is 14.5. The summed E-state index contributed by atoms with van der Waals surface area (Å²) in [5, 5.41) is 3.80. The molecular weight excluding hydrogens is 232 g/mol. The van der Waals surface area contributed by atoms with E-state index in [1.807, 2.05) is 0 Å². The van der Waals surface area contributed by atoms with E-state index in [2.05, 4.69) is 49.4 Å². The van der Waals surface area contributed by atoms with E-state index in [4.69, 9.17) is 0 Å². The minimum Gasteiger partial charge on any atom is -0.309 e. The van der Waals surface area contributed by atoms with Crippen LogP contribution >= 0.6 is 0 Å². The molecule has 0 bridgehead atoms. The van der Waals surface area contributed by atoms with E-state index in [9.17, 15) is 0 Å². The molecule has 0 aliphatic heterocycles. The van der Waals surface area contributed by atoms with Crippen molar-refractivity contribution < 1.29 is 0 Å². The number of hydrogen-bond donors (Lipinski definition) is 1. The van der Waals surface area contributed by atoms with Gasteiger partial charge in [0.15, 0.2) is 0 Å². The Bertz CT molecular complexity index is 377. The summed E-state index contributed by atoms with van der Waals surface area (Å²) in [5.41, 5.74) is 2.93. The first-order valence-electron chi connectivity index (χ1n) is 7.88. The summed E-state index contributed by atoms with van der Waals surface area (Å²) in [7, 11) is 0. The van der Waals surface area contributed by atoms with Crippen molar-refractivity contribution in [3.05, 3.63) is 29.6 Å². The van der Waals surface area contributed by atoms with Gasteiger partial charge in [0.1, 0.15) is 0 Å². The van der Waals surface area contributed by atoms with Crippen molar-refractivity contribution in [2.75, 3.05) is 6.54 Å². The monoisotopic (exact) mass is 260 g/mol. The molecule has 1 heterocycles. The predicted octanol–water partition coefficient (Wildman–Crippen LogP) is 4.40. The maximum absolute atomic E-state index is 4.50. The lowest BCUT2D eigenvalue weighted by molar-refractivity contribution is 0.187. The number of nitrogens with one attached hydrogen (secondary N) is 1. The number of hydrogen-bond acceptors (Lipinski definition) is 2. The lowest BCUT2D eigenvalue weighted by Gasteiger charge is -2.38. The van der Waals surface area contributed by atoms with Crippen LogP contribution in [0.3, 0.4) is 0 Å². The van der Waals surface area contributed by atoms with Crippen molar-refractivity contribution in [3.8, 4) is 0 Å². The Morgan fingerprint density at radius 1 is 1.26 bits per heavy atom. The Hall–Kier alpha value is -0.890. The standard InChI is InChI=1S/C17H28N2/c1-4-12-18-16(15-9-8-14(3)19-13-15)17(5-2)10-6-7-11-17/h8-9,13,16,18H,4-7,10-12H2,1-3H3. The molecule has 1 N–H and O–H groups in total. The first-order chi connectivity index (χ1) is 9.22. The highest BCUT2D eigenvalue weighted by Gasteiger charge is 2.40. The molecule has 1 aromatic heterocycles. The second kappa shape index (κ2) is 6.51. The number of rotatable bonds is 6. The van der Waals surface area contributed by atoms with E-state index >= 15 is 0 Å². The smallest absolute Gasteiger partial charge is 0.0392 e. The maximum Gasteiger partial charge on any atom is 0.0392 e. The molecular formula is C17H28N2. The third-order valence-electron chi connectivity index (χ3n) is 4.78. The summed E-state index contributed by atoms with van der Waals surface area (Å²) in [4.78, 5) is 4.50. The third kappa shape index (κ3) is 3.17. The lowest BCUT2D eigenvalue weighted by Crippen LogP contribution is -2.36. The molecule has 2 heteroatoms. The van der Waals surface area contributed by atoms with Gasteiger partial charge in [0.2, 0.25) is 0 Å². The molecule has 1 aliphatic carbocycles. The van der Waals surface area contributed by atoms with E-state index in [0.717, 1.165) is 12.2 Å². The van der Waals surface area contributed by atoms with Crippen LogP contribution in [0.5, 0.6) is 0 Å². The zero-order chi connectivity index (χ0) is 13.7. The van der Waals surface area contributed by atoms with E-state index in [0.29, 0.717) is 11.5 Å². The van der Waals surface area contributed by atoms with Gasteiger partial charge in [0, 0.05) is 17.9 Å². The van der Waals surface area contributed by atoms with Crippen molar-refractivity contribution in [1.82, 2.24) is 10.3 Å². The van der Waals surface area contributed by atoms with Crippen LogP contribution in [0.1, 0.15) is 69.7 Å². The first-order valence-corrected chi connectivity index (χ1v) is 7.88. The average molecular weight is 260 g/mol. The largest absolute Gasteiger partial charge is 0.309 e. The predicted molar refractivity (Wildman–Crippen MR) is 81.2 cm³/mol. The molecule has 0 aromatic carbocycles. The Kier molecular flexibility index (Phi) is 4.98. The van der Waals surface area contributed by atoms with Crippen molar-refractivity contribution in [1.29, 1.82) is 0 Å². The van der Waals surface area contributed by atoms with Crippen LogP contribution in [0.2, 0.25) is 0 Å².